The minimum atomic E-state index is -3.56. The van der Waals surface area contributed by atoms with Crippen molar-refractivity contribution < 1.29 is 18.1 Å². The topological polar surface area (TPSA) is 58.9 Å². The molecule has 0 bridgehead atoms. The van der Waals surface area contributed by atoms with Crippen LogP contribution in [0.25, 0.3) is 0 Å². The number of hydrogen-bond donors (Lipinski definition) is 1. The fourth-order valence-electron chi connectivity index (χ4n) is 3.55. The third-order valence-corrected chi connectivity index (χ3v) is 7.30. The Balaban J connectivity index is 1.63. The van der Waals surface area contributed by atoms with Crippen molar-refractivity contribution in [2.24, 2.45) is 0 Å². The van der Waals surface area contributed by atoms with Gasteiger partial charge in [0.2, 0.25) is 10.0 Å². The molecule has 0 saturated carbocycles. The van der Waals surface area contributed by atoms with Gasteiger partial charge in [-0.05, 0) is 30.5 Å². The van der Waals surface area contributed by atoms with E-state index in [1.807, 2.05) is 0 Å². The Morgan fingerprint density at radius 3 is 2.29 bits per heavy atom. The van der Waals surface area contributed by atoms with E-state index >= 15 is 0 Å². The van der Waals surface area contributed by atoms with E-state index in [-0.39, 0.29) is 10.7 Å². The summed E-state index contributed by atoms with van der Waals surface area (Å²) in [6.07, 6.45) is 0. The molecule has 0 amide bonds. The van der Waals surface area contributed by atoms with Gasteiger partial charge in [-0.25, -0.2) is 8.42 Å². The van der Waals surface area contributed by atoms with Crippen molar-refractivity contribution in [1.82, 2.24) is 4.31 Å². The van der Waals surface area contributed by atoms with Gasteiger partial charge < -0.3 is 4.90 Å². The van der Waals surface area contributed by atoms with E-state index in [1.165, 1.54) is 33.3 Å². The molecule has 0 spiro atoms. The van der Waals surface area contributed by atoms with Gasteiger partial charge in [0.15, 0.2) is 5.78 Å². The minimum Gasteiger partial charge on any atom is -0.329 e. The molecule has 150 valence electrons. The van der Waals surface area contributed by atoms with E-state index in [1.54, 1.807) is 18.2 Å². The molecule has 3 rings (SSSR count). The quantitative estimate of drug-likeness (QED) is 0.754. The number of carbonyl (C=O) groups is 1. The van der Waals surface area contributed by atoms with Crippen LogP contribution in [0.2, 0.25) is 0 Å². The number of ketones is 1. The molecule has 1 aliphatic heterocycles. The van der Waals surface area contributed by atoms with E-state index in [9.17, 15) is 13.2 Å². The summed E-state index contributed by atoms with van der Waals surface area (Å²) in [5.74, 6) is 0.395. The Hall–Kier alpha value is -2.02. The second-order valence-corrected chi connectivity index (χ2v) is 9.75. The summed E-state index contributed by atoms with van der Waals surface area (Å²) in [7, 11) is -3.56. The lowest BCUT2D eigenvalue weighted by atomic mass is 10.0. The summed E-state index contributed by atoms with van der Waals surface area (Å²) < 4.78 is 27.4. The summed E-state index contributed by atoms with van der Waals surface area (Å²) in [6, 6.07) is 15.0. The molecule has 0 unspecified atom stereocenters. The van der Waals surface area contributed by atoms with E-state index in [0.29, 0.717) is 24.6 Å². The zero-order valence-corrected chi connectivity index (χ0v) is 17.6. The number of benzene rings is 2. The molecule has 2 aromatic rings. The smallest absolute Gasteiger partial charge is 0.243 e. The maximum absolute atomic E-state index is 12.9. The highest BCUT2D eigenvalue weighted by molar-refractivity contribution is 7.89. The first kappa shape index (κ1) is 20.7. The van der Waals surface area contributed by atoms with Crippen molar-refractivity contribution in [3.05, 3.63) is 65.2 Å². The molecular formula is C22H29N2O3S+. The highest BCUT2D eigenvalue weighted by atomic mass is 32.2. The summed E-state index contributed by atoms with van der Waals surface area (Å²) >= 11 is 0. The summed E-state index contributed by atoms with van der Waals surface area (Å²) in [4.78, 5) is 13.2. The second-order valence-electron chi connectivity index (χ2n) is 7.81. The zero-order valence-electron chi connectivity index (χ0n) is 16.8. The van der Waals surface area contributed by atoms with Crippen LogP contribution in [0.5, 0.6) is 0 Å². The van der Waals surface area contributed by atoms with Gasteiger partial charge in [0.25, 0.3) is 0 Å². The average Bonchev–Trinajstić information content (AvgIpc) is 2.69. The molecule has 1 fully saturated rings. The van der Waals surface area contributed by atoms with Crippen molar-refractivity contribution in [1.29, 1.82) is 0 Å². The number of nitrogens with zero attached hydrogens (tertiary/aromatic N) is 1. The number of hydrogen-bond acceptors (Lipinski definition) is 3. The van der Waals surface area contributed by atoms with E-state index in [0.717, 1.165) is 19.6 Å². The van der Waals surface area contributed by atoms with Crippen LogP contribution in [0.15, 0.2) is 53.4 Å². The van der Waals surface area contributed by atoms with Crippen molar-refractivity contribution >= 4 is 15.8 Å². The highest BCUT2D eigenvalue weighted by Crippen LogP contribution is 2.18. The minimum absolute atomic E-state index is 0.130. The van der Waals surface area contributed by atoms with Crippen LogP contribution in [0.1, 0.15) is 48.2 Å². The van der Waals surface area contributed by atoms with Crippen LogP contribution in [0, 0.1) is 0 Å². The molecule has 1 N–H and O–H groups in total. The van der Waals surface area contributed by atoms with Gasteiger partial charge in [0, 0.05) is 11.1 Å². The standard InChI is InChI=1S/C22H28N2O3S/c1-17(2)20-9-7-19(8-10-20)16-23-11-13-24(14-12-23)28(26,27)22-6-4-5-21(15-22)18(3)25/h4-10,15,17H,11-14,16H2,1-3H3/p+1. The Kier molecular flexibility index (Phi) is 6.33. The van der Waals surface area contributed by atoms with Crippen molar-refractivity contribution in [3.63, 3.8) is 0 Å². The third kappa shape index (κ3) is 4.69. The molecule has 6 heteroatoms. The van der Waals surface area contributed by atoms with Gasteiger partial charge in [-0.2, -0.15) is 4.31 Å². The number of carbonyl (C=O) groups excluding carboxylic acids is 1. The van der Waals surface area contributed by atoms with Gasteiger partial charge in [-0.3, -0.25) is 4.79 Å². The van der Waals surface area contributed by atoms with Gasteiger partial charge in [0.05, 0.1) is 31.1 Å². The molecule has 2 aromatic carbocycles. The number of rotatable bonds is 6. The fraction of sp³-hybridized carbons (Fsp3) is 0.409. The summed E-state index contributed by atoms with van der Waals surface area (Å²) in [5.41, 5.74) is 3.04. The van der Waals surface area contributed by atoms with Crippen LogP contribution in [-0.2, 0) is 16.6 Å². The van der Waals surface area contributed by atoms with E-state index in [2.05, 4.69) is 38.1 Å². The number of piperazine rings is 1. The Morgan fingerprint density at radius 1 is 1.07 bits per heavy atom. The lowest BCUT2D eigenvalue weighted by Crippen LogP contribution is -3.13. The molecule has 0 radical (unpaired) electrons. The van der Waals surface area contributed by atoms with Crippen LogP contribution in [-0.4, -0.2) is 44.7 Å². The highest BCUT2D eigenvalue weighted by Gasteiger charge is 2.30. The van der Waals surface area contributed by atoms with E-state index < -0.39 is 10.0 Å². The zero-order chi connectivity index (χ0) is 20.3. The van der Waals surface area contributed by atoms with Crippen LogP contribution in [0.3, 0.4) is 0 Å². The molecule has 5 nitrogen and oxygen atoms in total. The fourth-order valence-corrected chi connectivity index (χ4v) is 5.04. The molecule has 28 heavy (non-hydrogen) atoms. The monoisotopic (exact) mass is 401 g/mol. The van der Waals surface area contributed by atoms with Crippen LogP contribution >= 0.6 is 0 Å². The predicted molar refractivity (Wildman–Crippen MR) is 110 cm³/mol. The van der Waals surface area contributed by atoms with Gasteiger partial charge in [-0.15, -0.1) is 0 Å². The van der Waals surface area contributed by atoms with Crippen molar-refractivity contribution in [2.45, 2.75) is 38.1 Å². The molecule has 1 heterocycles. The van der Waals surface area contributed by atoms with Crippen LogP contribution in [0.4, 0.5) is 0 Å². The van der Waals surface area contributed by atoms with Gasteiger partial charge >= 0.3 is 0 Å². The van der Waals surface area contributed by atoms with Gasteiger partial charge in [0.1, 0.15) is 6.54 Å². The first-order valence-corrected chi connectivity index (χ1v) is 11.2. The lowest BCUT2D eigenvalue weighted by molar-refractivity contribution is -0.917. The number of sulfonamides is 1. The van der Waals surface area contributed by atoms with Gasteiger partial charge in [-0.1, -0.05) is 50.2 Å². The molecule has 0 atom stereocenters. The van der Waals surface area contributed by atoms with Crippen molar-refractivity contribution in [2.75, 3.05) is 26.2 Å². The molecular weight excluding hydrogens is 372 g/mol. The maximum atomic E-state index is 12.9. The first-order chi connectivity index (χ1) is 13.3. The SMILES string of the molecule is CC(=O)c1cccc(S(=O)(=O)N2CC[NH+](Cc3ccc(C(C)C)cc3)CC2)c1. The van der Waals surface area contributed by atoms with Crippen LogP contribution < -0.4 is 4.90 Å². The van der Waals surface area contributed by atoms with E-state index in [4.69, 9.17) is 0 Å². The maximum Gasteiger partial charge on any atom is 0.243 e. The lowest BCUT2D eigenvalue weighted by Gasteiger charge is -2.31. The Morgan fingerprint density at radius 2 is 1.71 bits per heavy atom. The first-order valence-electron chi connectivity index (χ1n) is 9.81. The third-order valence-electron chi connectivity index (χ3n) is 5.41. The Bertz CT molecular complexity index is 929. The molecule has 1 saturated heterocycles. The number of nitrogens with one attached hydrogen (secondary N) is 1. The summed E-state index contributed by atoms with van der Waals surface area (Å²) in [5, 5.41) is 0. The molecule has 0 aliphatic carbocycles. The number of Topliss-reactive ketones (excluding diaryl/α,β-unsaturated/α-hetero) is 1. The summed E-state index contributed by atoms with van der Waals surface area (Å²) in [6.45, 7) is 9.26. The second kappa shape index (κ2) is 8.55. The largest absolute Gasteiger partial charge is 0.329 e. The predicted octanol–water partition coefficient (Wildman–Crippen LogP) is 2.10. The molecule has 1 aliphatic rings. The molecule has 0 aromatic heterocycles. The van der Waals surface area contributed by atoms with Crippen molar-refractivity contribution in [3.8, 4) is 0 Å². The Labute approximate surface area is 168 Å². The average molecular weight is 402 g/mol. The number of quaternary nitrogens is 1. The normalized spacial score (nSPS) is 16.4.